The van der Waals surface area contributed by atoms with Crippen molar-refractivity contribution < 1.29 is 13.2 Å². The van der Waals surface area contributed by atoms with E-state index in [0.29, 0.717) is 11.5 Å². The predicted molar refractivity (Wildman–Crippen MR) is 89.6 cm³/mol. The number of imidazole rings is 1. The van der Waals surface area contributed by atoms with E-state index in [-0.39, 0.29) is 11.7 Å². The van der Waals surface area contributed by atoms with Crippen molar-refractivity contribution in [1.82, 2.24) is 14.4 Å². The van der Waals surface area contributed by atoms with Crippen LogP contribution in [-0.2, 0) is 6.18 Å². The number of anilines is 1. The Balaban J connectivity index is 2.20. The van der Waals surface area contributed by atoms with Crippen LogP contribution in [0.3, 0.4) is 0 Å². The van der Waals surface area contributed by atoms with Crippen molar-refractivity contribution in [2.75, 3.05) is 11.4 Å². The van der Waals surface area contributed by atoms with E-state index in [4.69, 9.17) is 0 Å². The van der Waals surface area contributed by atoms with E-state index in [0.717, 1.165) is 23.6 Å². The zero-order chi connectivity index (χ0) is 17.7. The number of rotatable bonds is 1. The first-order valence-corrected chi connectivity index (χ1v) is 11.3. The van der Waals surface area contributed by atoms with Crippen LogP contribution in [0.1, 0.15) is 24.7 Å². The van der Waals surface area contributed by atoms with Crippen LogP contribution in [0.4, 0.5) is 19.0 Å². The van der Waals surface area contributed by atoms with Gasteiger partial charge in [0.2, 0.25) is 0 Å². The van der Waals surface area contributed by atoms with Gasteiger partial charge in [0, 0.05) is 18.8 Å². The minimum absolute atomic E-state index is 0.229. The summed E-state index contributed by atoms with van der Waals surface area (Å²) in [4.78, 5) is 10.4. The SMILES string of the molecule is C[C@H]1CCN1c1nc(C#C[Si](C)(C)C)cn2c(C(F)(F)F)cnc12. The van der Waals surface area contributed by atoms with Gasteiger partial charge in [0.1, 0.15) is 19.5 Å². The van der Waals surface area contributed by atoms with Gasteiger partial charge in [-0.25, -0.2) is 9.97 Å². The molecule has 24 heavy (non-hydrogen) atoms. The summed E-state index contributed by atoms with van der Waals surface area (Å²) < 4.78 is 40.8. The molecule has 0 N–H and O–H groups in total. The summed E-state index contributed by atoms with van der Waals surface area (Å²) in [6.45, 7) is 9.03. The topological polar surface area (TPSA) is 33.4 Å². The third-order valence-corrected chi connectivity index (χ3v) is 4.80. The Bertz CT molecular complexity index is 839. The lowest BCUT2D eigenvalue weighted by atomic mass is 10.1. The maximum Gasteiger partial charge on any atom is 0.433 e. The maximum atomic E-state index is 13.2. The first-order valence-electron chi connectivity index (χ1n) is 7.81. The van der Waals surface area contributed by atoms with Crippen molar-refractivity contribution in [3.8, 4) is 11.5 Å². The molecular weight excluding hydrogens is 333 g/mol. The van der Waals surface area contributed by atoms with E-state index < -0.39 is 19.9 Å². The van der Waals surface area contributed by atoms with Crippen molar-refractivity contribution in [2.45, 2.75) is 45.2 Å². The van der Waals surface area contributed by atoms with Crippen LogP contribution in [0.15, 0.2) is 12.4 Å². The third-order valence-electron chi connectivity index (χ3n) is 3.92. The van der Waals surface area contributed by atoms with E-state index >= 15 is 0 Å². The van der Waals surface area contributed by atoms with Crippen LogP contribution in [0.2, 0.25) is 19.6 Å². The Morgan fingerprint density at radius 1 is 1.29 bits per heavy atom. The highest BCUT2D eigenvalue weighted by Crippen LogP contribution is 2.33. The lowest BCUT2D eigenvalue weighted by Gasteiger charge is -2.39. The quantitative estimate of drug-likeness (QED) is 0.581. The molecule has 1 fully saturated rings. The lowest BCUT2D eigenvalue weighted by Crippen LogP contribution is -2.46. The van der Waals surface area contributed by atoms with Gasteiger partial charge < -0.3 is 4.90 Å². The molecule has 0 aromatic carbocycles. The molecule has 1 aliphatic heterocycles. The molecule has 0 radical (unpaired) electrons. The van der Waals surface area contributed by atoms with Gasteiger partial charge in [0.05, 0.1) is 6.20 Å². The molecule has 8 heteroatoms. The number of aromatic nitrogens is 3. The van der Waals surface area contributed by atoms with Gasteiger partial charge in [-0.15, -0.1) is 5.54 Å². The lowest BCUT2D eigenvalue weighted by molar-refractivity contribution is -0.141. The molecule has 3 rings (SSSR count). The zero-order valence-electron chi connectivity index (χ0n) is 14.1. The van der Waals surface area contributed by atoms with Gasteiger partial charge >= 0.3 is 6.18 Å². The fourth-order valence-corrected chi connectivity index (χ4v) is 3.02. The predicted octanol–water partition coefficient (Wildman–Crippen LogP) is 3.58. The van der Waals surface area contributed by atoms with Gasteiger partial charge in [-0.1, -0.05) is 25.6 Å². The number of nitrogens with zero attached hydrogens (tertiary/aromatic N) is 4. The second-order valence-corrected chi connectivity index (χ2v) is 11.9. The van der Waals surface area contributed by atoms with Crippen molar-refractivity contribution in [3.05, 3.63) is 23.8 Å². The standard InChI is InChI=1S/C16H19F3N4Si/c1-11-5-7-22(11)15-14-20-9-13(16(17,18)19)23(14)10-12(21-15)6-8-24(2,3)4/h9-11H,5,7H2,1-4H3/t11-/m0/s1. The Hall–Kier alpha value is -2.01. The third kappa shape index (κ3) is 3.13. The molecule has 2 aromatic heterocycles. The van der Waals surface area contributed by atoms with Gasteiger partial charge in [-0.2, -0.15) is 13.2 Å². The van der Waals surface area contributed by atoms with E-state index in [1.54, 1.807) is 0 Å². The summed E-state index contributed by atoms with van der Waals surface area (Å²) in [5.41, 5.74) is 2.94. The minimum atomic E-state index is -4.47. The summed E-state index contributed by atoms with van der Waals surface area (Å²) in [6.07, 6.45) is -1.28. The van der Waals surface area contributed by atoms with Gasteiger partial charge in [-0.3, -0.25) is 4.40 Å². The molecule has 0 unspecified atom stereocenters. The minimum Gasteiger partial charge on any atom is -0.351 e. The second-order valence-electron chi connectivity index (χ2n) is 7.12. The number of halogens is 3. The Labute approximate surface area is 139 Å². The highest BCUT2D eigenvalue weighted by atomic mass is 28.3. The van der Waals surface area contributed by atoms with Crippen molar-refractivity contribution in [1.29, 1.82) is 0 Å². The van der Waals surface area contributed by atoms with E-state index in [9.17, 15) is 13.2 Å². The number of fused-ring (bicyclic) bond motifs is 1. The molecule has 0 bridgehead atoms. The molecule has 2 aromatic rings. The molecule has 1 atom stereocenters. The molecule has 0 spiro atoms. The summed E-state index contributed by atoms with van der Waals surface area (Å²) in [5, 5.41) is 0. The molecule has 128 valence electrons. The van der Waals surface area contributed by atoms with Gasteiger partial charge in [0.15, 0.2) is 11.5 Å². The summed E-state index contributed by atoms with van der Waals surface area (Å²) >= 11 is 0. The molecule has 0 aliphatic carbocycles. The first kappa shape index (κ1) is 16.8. The molecule has 4 nitrogen and oxygen atoms in total. The number of hydrogen-bond donors (Lipinski definition) is 0. The molecule has 1 saturated heterocycles. The highest BCUT2D eigenvalue weighted by molar-refractivity contribution is 6.83. The zero-order valence-corrected chi connectivity index (χ0v) is 15.1. The molecule has 0 amide bonds. The molecule has 3 heterocycles. The van der Waals surface area contributed by atoms with E-state index in [1.807, 2.05) is 11.8 Å². The molecule has 1 aliphatic rings. The van der Waals surface area contributed by atoms with Crippen LogP contribution >= 0.6 is 0 Å². The van der Waals surface area contributed by atoms with Crippen LogP contribution in [0.25, 0.3) is 5.65 Å². The van der Waals surface area contributed by atoms with E-state index in [1.165, 1.54) is 6.20 Å². The van der Waals surface area contributed by atoms with Crippen LogP contribution < -0.4 is 4.90 Å². The maximum absolute atomic E-state index is 13.2. The first-order chi connectivity index (χ1) is 11.1. The average Bonchev–Trinajstić information content (AvgIpc) is 2.86. The monoisotopic (exact) mass is 352 g/mol. The van der Waals surface area contributed by atoms with Crippen LogP contribution in [0.5, 0.6) is 0 Å². The van der Waals surface area contributed by atoms with Crippen molar-refractivity contribution in [2.24, 2.45) is 0 Å². The second kappa shape index (κ2) is 5.52. The summed E-state index contributed by atoms with van der Waals surface area (Å²) in [7, 11) is -1.66. The average molecular weight is 352 g/mol. The van der Waals surface area contributed by atoms with Crippen molar-refractivity contribution >= 4 is 19.5 Å². The Morgan fingerprint density at radius 3 is 2.50 bits per heavy atom. The fraction of sp³-hybridized carbons (Fsp3) is 0.500. The van der Waals surface area contributed by atoms with Gasteiger partial charge in [-0.05, 0) is 13.3 Å². The highest BCUT2D eigenvalue weighted by Gasteiger charge is 2.36. The van der Waals surface area contributed by atoms with Crippen LogP contribution in [-0.4, -0.2) is 35.0 Å². The molecule has 0 saturated carbocycles. The molecular formula is C16H19F3N4Si. The summed E-state index contributed by atoms with van der Waals surface area (Å²) in [5.74, 6) is 3.44. The van der Waals surface area contributed by atoms with Crippen LogP contribution in [0, 0.1) is 11.5 Å². The smallest absolute Gasteiger partial charge is 0.351 e. The van der Waals surface area contributed by atoms with Gasteiger partial charge in [0.25, 0.3) is 0 Å². The van der Waals surface area contributed by atoms with Crippen molar-refractivity contribution in [3.63, 3.8) is 0 Å². The number of alkyl halides is 3. The summed E-state index contributed by atoms with van der Waals surface area (Å²) in [6, 6.07) is 0.243. The normalized spacial score (nSPS) is 18.3. The number of hydrogen-bond acceptors (Lipinski definition) is 3. The van der Waals surface area contributed by atoms with E-state index in [2.05, 4.69) is 41.1 Å². The Kier molecular flexibility index (Phi) is 3.87. The Morgan fingerprint density at radius 2 is 2.00 bits per heavy atom. The fourth-order valence-electron chi connectivity index (χ4n) is 2.52. The largest absolute Gasteiger partial charge is 0.433 e.